The fourth-order valence-corrected chi connectivity index (χ4v) is 4.00. The molecule has 3 aliphatic rings. The number of hydrogen-bond donors (Lipinski definition) is 4. The molecule has 0 saturated heterocycles. The number of nitrogens with two attached hydrogens (primary N) is 1. The van der Waals surface area contributed by atoms with E-state index < -0.39 is 5.66 Å². The fraction of sp³-hybridized carbons (Fsp3) is 0.476. The number of benzene rings is 1. The molecule has 0 aliphatic carbocycles. The standard InChI is InChI=1S/C21H29N5O/c1-14-13-21(2,22)26-20(24-14)25-17-11-16-6-4-10-27-19(16)18(12-17)15-5-3-8-23-9-7-15/h7,11-13,23H,3-6,8-10,22H2,1-2H3,(H2,24,25,26). The Morgan fingerprint density at radius 2 is 2.15 bits per heavy atom. The topological polar surface area (TPSA) is 83.7 Å². The van der Waals surface area contributed by atoms with Crippen LogP contribution in [0.4, 0.5) is 5.69 Å². The molecule has 3 heterocycles. The summed E-state index contributed by atoms with van der Waals surface area (Å²) in [5, 5.41) is 10.1. The van der Waals surface area contributed by atoms with Crippen LogP contribution in [0.15, 0.2) is 35.0 Å². The zero-order chi connectivity index (χ0) is 18.9. The molecule has 1 unspecified atom stereocenters. The second-order valence-electron chi connectivity index (χ2n) is 7.78. The molecule has 144 valence electrons. The highest BCUT2D eigenvalue weighted by Crippen LogP contribution is 2.38. The lowest BCUT2D eigenvalue weighted by molar-refractivity contribution is 0.287. The highest BCUT2D eigenvalue weighted by atomic mass is 16.5. The molecule has 5 N–H and O–H groups in total. The number of aryl methyl sites for hydroxylation is 1. The number of allylic oxidation sites excluding steroid dienone is 2. The Kier molecular flexibility index (Phi) is 4.93. The van der Waals surface area contributed by atoms with Gasteiger partial charge in [0.1, 0.15) is 11.4 Å². The summed E-state index contributed by atoms with van der Waals surface area (Å²) in [4.78, 5) is 4.56. The Hall–Kier alpha value is -2.31. The molecule has 27 heavy (non-hydrogen) atoms. The van der Waals surface area contributed by atoms with Crippen molar-refractivity contribution in [1.29, 1.82) is 0 Å². The van der Waals surface area contributed by atoms with Crippen molar-refractivity contribution in [2.45, 2.75) is 45.2 Å². The molecule has 0 saturated carbocycles. The van der Waals surface area contributed by atoms with E-state index in [0.29, 0.717) is 5.96 Å². The summed E-state index contributed by atoms with van der Waals surface area (Å²) in [7, 11) is 0. The van der Waals surface area contributed by atoms with E-state index >= 15 is 0 Å². The lowest BCUT2D eigenvalue weighted by Gasteiger charge is -2.29. The van der Waals surface area contributed by atoms with Crippen molar-refractivity contribution in [2.75, 3.05) is 25.0 Å². The van der Waals surface area contributed by atoms with Crippen molar-refractivity contribution in [2.24, 2.45) is 10.7 Å². The Balaban J connectivity index is 1.69. The van der Waals surface area contributed by atoms with Crippen molar-refractivity contribution in [3.05, 3.63) is 41.1 Å². The summed E-state index contributed by atoms with van der Waals surface area (Å²) in [6.45, 7) is 6.65. The summed E-state index contributed by atoms with van der Waals surface area (Å²) in [6, 6.07) is 4.37. The van der Waals surface area contributed by atoms with E-state index in [1.807, 2.05) is 19.9 Å². The van der Waals surface area contributed by atoms with Gasteiger partial charge in [-0.2, -0.15) is 0 Å². The number of fused-ring (bicyclic) bond motifs is 1. The second-order valence-corrected chi connectivity index (χ2v) is 7.78. The molecule has 1 aromatic carbocycles. The van der Waals surface area contributed by atoms with E-state index in [1.165, 1.54) is 16.7 Å². The van der Waals surface area contributed by atoms with Gasteiger partial charge in [-0.25, -0.2) is 4.99 Å². The summed E-state index contributed by atoms with van der Waals surface area (Å²) < 4.78 is 6.08. The van der Waals surface area contributed by atoms with Gasteiger partial charge in [-0.15, -0.1) is 0 Å². The van der Waals surface area contributed by atoms with Crippen molar-refractivity contribution in [3.8, 4) is 5.75 Å². The lowest BCUT2D eigenvalue weighted by Crippen LogP contribution is -2.55. The molecule has 0 fully saturated rings. The third kappa shape index (κ3) is 4.17. The fourth-order valence-electron chi connectivity index (χ4n) is 4.00. The number of rotatable bonds is 2. The number of anilines is 1. The maximum absolute atomic E-state index is 6.24. The smallest absolute Gasteiger partial charge is 0.202 e. The first-order valence-electron chi connectivity index (χ1n) is 9.82. The van der Waals surface area contributed by atoms with Crippen LogP contribution in [0.5, 0.6) is 5.75 Å². The summed E-state index contributed by atoms with van der Waals surface area (Å²) in [5.74, 6) is 1.73. The van der Waals surface area contributed by atoms with Crippen LogP contribution in [0.2, 0.25) is 0 Å². The number of guanidine groups is 1. The van der Waals surface area contributed by atoms with Gasteiger partial charge in [-0.05, 0) is 75.4 Å². The monoisotopic (exact) mass is 367 g/mol. The minimum atomic E-state index is -0.607. The van der Waals surface area contributed by atoms with Gasteiger partial charge in [0, 0.05) is 23.5 Å². The van der Waals surface area contributed by atoms with Gasteiger partial charge in [0.25, 0.3) is 0 Å². The van der Waals surface area contributed by atoms with Crippen molar-refractivity contribution >= 4 is 17.2 Å². The van der Waals surface area contributed by atoms with E-state index in [-0.39, 0.29) is 0 Å². The molecule has 0 aromatic heterocycles. The molecule has 6 heteroatoms. The predicted molar refractivity (Wildman–Crippen MR) is 111 cm³/mol. The molecular formula is C21H29N5O. The van der Waals surface area contributed by atoms with Gasteiger partial charge < -0.3 is 26.4 Å². The first-order valence-corrected chi connectivity index (χ1v) is 9.82. The highest BCUT2D eigenvalue weighted by molar-refractivity contribution is 5.96. The lowest BCUT2D eigenvalue weighted by atomic mass is 9.94. The van der Waals surface area contributed by atoms with Gasteiger partial charge in [-0.3, -0.25) is 0 Å². The quantitative estimate of drug-likeness (QED) is 0.646. The van der Waals surface area contributed by atoms with E-state index in [1.54, 1.807) is 0 Å². The summed E-state index contributed by atoms with van der Waals surface area (Å²) in [6.07, 6.45) is 8.52. The van der Waals surface area contributed by atoms with Gasteiger partial charge in [0.05, 0.1) is 6.61 Å². The van der Waals surface area contributed by atoms with Crippen LogP contribution in [0, 0.1) is 0 Å². The van der Waals surface area contributed by atoms with Crippen LogP contribution < -0.4 is 26.4 Å². The third-order valence-electron chi connectivity index (χ3n) is 5.09. The minimum Gasteiger partial charge on any atom is -0.493 e. The normalized spacial score (nSPS) is 25.1. The maximum Gasteiger partial charge on any atom is 0.202 e. The van der Waals surface area contributed by atoms with Crippen molar-refractivity contribution in [1.82, 2.24) is 10.6 Å². The molecule has 4 rings (SSSR count). The van der Waals surface area contributed by atoms with Crippen LogP contribution in [-0.4, -0.2) is 31.3 Å². The number of hydrogen-bond acceptors (Lipinski definition) is 6. The minimum absolute atomic E-state index is 0.607. The van der Waals surface area contributed by atoms with Crippen LogP contribution in [0.1, 0.15) is 44.2 Å². The second kappa shape index (κ2) is 7.37. The van der Waals surface area contributed by atoms with E-state index in [0.717, 1.165) is 62.5 Å². The van der Waals surface area contributed by atoms with E-state index in [4.69, 9.17) is 10.5 Å². The van der Waals surface area contributed by atoms with Crippen LogP contribution in [-0.2, 0) is 6.42 Å². The molecule has 0 bridgehead atoms. The molecule has 1 atom stereocenters. The third-order valence-corrected chi connectivity index (χ3v) is 5.09. The maximum atomic E-state index is 6.24. The Labute approximate surface area is 161 Å². The summed E-state index contributed by atoms with van der Waals surface area (Å²) in [5.41, 5.74) is 11.4. The van der Waals surface area contributed by atoms with Crippen LogP contribution in [0.25, 0.3) is 5.57 Å². The molecule has 0 amide bonds. The van der Waals surface area contributed by atoms with Crippen molar-refractivity contribution in [3.63, 3.8) is 0 Å². The summed E-state index contributed by atoms with van der Waals surface area (Å²) >= 11 is 0. The average Bonchev–Trinajstić information content (AvgIpc) is 2.88. The van der Waals surface area contributed by atoms with Gasteiger partial charge in [0.2, 0.25) is 5.96 Å². The van der Waals surface area contributed by atoms with Gasteiger partial charge >= 0.3 is 0 Å². The van der Waals surface area contributed by atoms with Gasteiger partial charge in [0.15, 0.2) is 0 Å². The predicted octanol–water partition coefficient (Wildman–Crippen LogP) is 2.73. The number of nitrogens with zero attached hydrogens (tertiary/aromatic N) is 1. The number of nitrogens with one attached hydrogen (secondary N) is 3. The molecule has 6 nitrogen and oxygen atoms in total. The molecular weight excluding hydrogens is 338 g/mol. The van der Waals surface area contributed by atoms with Crippen LogP contribution >= 0.6 is 0 Å². The largest absolute Gasteiger partial charge is 0.493 e. The molecule has 0 radical (unpaired) electrons. The van der Waals surface area contributed by atoms with E-state index in [9.17, 15) is 0 Å². The Morgan fingerprint density at radius 3 is 3.00 bits per heavy atom. The molecule has 1 aromatic rings. The van der Waals surface area contributed by atoms with Gasteiger partial charge in [-0.1, -0.05) is 6.08 Å². The first-order chi connectivity index (χ1) is 13.0. The zero-order valence-corrected chi connectivity index (χ0v) is 16.2. The number of aliphatic imine (C=N–C) groups is 1. The Bertz CT molecular complexity index is 822. The highest BCUT2D eigenvalue weighted by Gasteiger charge is 2.23. The van der Waals surface area contributed by atoms with E-state index in [2.05, 4.69) is 39.2 Å². The number of ether oxygens (including phenoxy) is 1. The Morgan fingerprint density at radius 1 is 1.26 bits per heavy atom. The average molecular weight is 367 g/mol. The van der Waals surface area contributed by atoms with Crippen molar-refractivity contribution < 1.29 is 4.74 Å². The first kappa shape index (κ1) is 18.1. The molecule has 3 aliphatic heterocycles. The molecule has 0 spiro atoms. The SMILES string of the molecule is CC1=CC(C)(N)NC(Nc2cc3c(c(C4=CCNCCC4)c2)OCCC3)=N1. The zero-order valence-electron chi connectivity index (χ0n) is 16.2. The van der Waals surface area contributed by atoms with Crippen LogP contribution in [0.3, 0.4) is 0 Å².